The lowest BCUT2D eigenvalue weighted by Crippen LogP contribution is -2.31. The Balaban J connectivity index is 3.50. The molecule has 0 amide bonds. The molecule has 58 valence electrons. The van der Waals surface area contributed by atoms with Gasteiger partial charge < -0.3 is 10.5 Å². The number of carbonyl (C=O) groups excluding carboxylic acids is 1. The zero-order valence-corrected chi connectivity index (χ0v) is 6.17. The molecular weight excluding hydrogens is 130 g/mol. The quantitative estimate of drug-likeness (QED) is 0.459. The number of methoxy groups -OCH3 is 1. The smallest absolute Gasteiger partial charge is 0.322 e. The van der Waals surface area contributed by atoms with Gasteiger partial charge in [0.1, 0.15) is 6.04 Å². The highest BCUT2D eigenvalue weighted by molar-refractivity contribution is 5.75. The summed E-state index contributed by atoms with van der Waals surface area (Å²) < 4.78 is 4.41. The molecule has 0 aliphatic carbocycles. The Hall–Kier alpha value is -0.830. The van der Waals surface area contributed by atoms with Crippen molar-refractivity contribution in [2.24, 2.45) is 5.73 Å². The van der Waals surface area contributed by atoms with Gasteiger partial charge in [0.25, 0.3) is 0 Å². The highest BCUT2D eigenvalue weighted by Gasteiger charge is 2.11. The standard InChI is InChI=1S/C7H13NO2/c1-3-4-5-6(8)7(9)10-2/h3,6H,1,4-5,8H2,2H3. The molecule has 2 N–H and O–H groups in total. The highest BCUT2D eigenvalue weighted by Crippen LogP contribution is 1.95. The van der Waals surface area contributed by atoms with Gasteiger partial charge in [0.2, 0.25) is 0 Å². The number of esters is 1. The molecule has 3 heteroatoms. The van der Waals surface area contributed by atoms with E-state index in [1.807, 2.05) is 0 Å². The van der Waals surface area contributed by atoms with E-state index >= 15 is 0 Å². The Morgan fingerprint density at radius 1 is 1.90 bits per heavy atom. The maximum absolute atomic E-state index is 10.6. The van der Waals surface area contributed by atoms with Crippen LogP contribution in [0, 0.1) is 0 Å². The molecule has 0 aromatic rings. The third kappa shape index (κ3) is 3.25. The molecular formula is C7H13NO2. The maximum atomic E-state index is 10.6. The number of carbonyl (C=O) groups is 1. The Labute approximate surface area is 60.9 Å². The average molecular weight is 143 g/mol. The molecule has 0 aromatic heterocycles. The van der Waals surface area contributed by atoms with Crippen LogP contribution in [0.5, 0.6) is 0 Å². The predicted octanol–water partition coefficient (Wildman–Crippen LogP) is 0.453. The molecule has 0 bridgehead atoms. The van der Waals surface area contributed by atoms with Gasteiger partial charge in [-0.25, -0.2) is 0 Å². The predicted molar refractivity (Wildman–Crippen MR) is 39.4 cm³/mol. The van der Waals surface area contributed by atoms with Crippen molar-refractivity contribution in [3.8, 4) is 0 Å². The van der Waals surface area contributed by atoms with E-state index in [0.717, 1.165) is 6.42 Å². The van der Waals surface area contributed by atoms with Crippen LogP contribution in [0.3, 0.4) is 0 Å². The molecule has 3 nitrogen and oxygen atoms in total. The van der Waals surface area contributed by atoms with Crippen molar-refractivity contribution in [2.45, 2.75) is 18.9 Å². The minimum absolute atomic E-state index is 0.359. The number of hydrogen-bond donors (Lipinski definition) is 1. The molecule has 0 aliphatic rings. The summed E-state index contributed by atoms with van der Waals surface area (Å²) in [5.41, 5.74) is 5.39. The Morgan fingerprint density at radius 2 is 2.50 bits per heavy atom. The van der Waals surface area contributed by atoms with Crippen molar-refractivity contribution in [3.05, 3.63) is 12.7 Å². The summed E-state index contributed by atoms with van der Waals surface area (Å²) >= 11 is 0. The fourth-order valence-corrected chi connectivity index (χ4v) is 0.567. The Morgan fingerprint density at radius 3 is 2.90 bits per heavy atom. The van der Waals surface area contributed by atoms with Gasteiger partial charge >= 0.3 is 5.97 Å². The van der Waals surface area contributed by atoms with Crippen LogP contribution >= 0.6 is 0 Å². The fourth-order valence-electron chi connectivity index (χ4n) is 0.567. The molecule has 0 aliphatic heterocycles. The maximum Gasteiger partial charge on any atom is 0.322 e. The van der Waals surface area contributed by atoms with Crippen LogP contribution in [-0.4, -0.2) is 19.1 Å². The van der Waals surface area contributed by atoms with E-state index in [0.29, 0.717) is 6.42 Å². The average Bonchev–Trinajstić information content (AvgIpc) is 1.98. The van der Waals surface area contributed by atoms with Crippen LogP contribution in [-0.2, 0) is 9.53 Å². The van der Waals surface area contributed by atoms with E-state index in [4.69, 9.17) is 5.73 Å². The molecule has 0 radical (unpaired) electrons. The van der Waals surface area contributed by atoms with Gasteiger partial charge in [-0.15, -0.1) is 6.58 Å². The van der Waals surface area contributed by atoms with E-state index in [9.17, 15) is 4.79 Å². The van der Waals surface area contributed by atoms with E-state index in [1.165, 1.54) is 7.11 Å². The summed E-state index contributed by atoms with van der Waals surface area (Å²) in [5, 5.41) is 0. The molecule has 0 fully saturated rings. The molecule has 0 rings (SSSR count). The second-order valence-electron chi connectivity index (χ2n) is 2.00. The minimum Gasteiger partial charge on any atom is -0.468 e. The van der Waals surface area contributed by atoms with Gasteiger partial charge in [-0.1, -0.05) is 6.08 Å². The number of hydrogen-bond acceptors (Lipinski definition) is 3. The van der Waals surface area contributed by atoms with Crippen LogP contribution in [0.2, 0.25) is 0 Å². The Kier molecular flexibility index (Phi) is 4.58. The SMILES string of the molecule is C=CCCC(N)C(=O)OC. The first-order valence-electron chi connectivity index (χ1n) is 3.16. The van der Waals surface area contributed by atoms with Gasteiger partial charge in [-0.2, -0.15) is 0 Å². The lowest BCUT2D eigenvalue weighted by molar-refractivity contribution is -0.142. The van der Waals surface area contributed by atoms with Crippen molar-refractivity contribution in [2.75, 3.05) is 7.11 Å². The lowest BCUT2D eigenvalue weighted by Gasteiger charge is -2.05. The van der Waals surface area contributed by atoms with Crippen molar-refractivity contribution in [1.29, 1.82) is 0 Å². The first-order chi connectivity index (χ1) is 4.72. The topological polar surface area (TPSA) is 52.3 Å². The van der Waals surface area contributed by atoms with Crippen LogP contribution in [0.15, 0.2) is 12.7 Å². The second-order valence-corrected chi connectivity index (χ2v) is 2.00. The second kappa shape index (κ2) is 4.99. The molecule has 0 saturated carbocycles. The Bertz CT molecular complexity index is 123. The summed E-state index contributed by atoms with van der Waals surface area (Å²) in [6.07, 6.45) is 3.08. The van der Waals surface area contributed by atoms with E-state index in [1.54, 1.807) is 6.08 Å². The summed E-state index contributed by atoms with van der Waals surface area (Å²) in [7, 11) is 1.33. The fraction of sp³-hybridized carbons (Fsp3) is 0.571. The zero-order valence-electron chi connectivity index (χ0n) is 6.17. The lowest BCUT2D eigenvalue weighted by atomic mass is 10.2. The number of allylic oxidation sites excluding steroid dienone is 1. The number of ether oxygens (including phenoxy) is 1. The summed E-state index contributed by atoms with van der Waals surface area (Å²) in [6, 6.07) is -0.497. The monoisotopic (exact) mass is 143 g/mol. The summed E-state index contributed by atoms with van der Waals surface area (Å²) in [5.74, 6) is -0.359. The van der Waals surface area contributed by atoms with Gasteiger partial charge in [0.05, 0.1) is 7.11 Å². The van der Waals surface area contributed by atoms with Crippen molar-refractivity contribution in [1.82, 2.24) is 0 Å². The summed E-state index contributed by atoms with van der Waals surface area (Å²) in [6.45, 7) is 3.51. The van der Waals surface area contributed by atoms with Gasteiger partial charge in [0.15, 0.2) is 0 Å². The number of rotatable bonds is 4. The van der Waals surface area contributed by atoms with Crippen molar-refractivity contribution < 1.29 is 9.53 Å². The van der Waals surface area contributed by atoms with Gasteiger partial charge in [-0.05, 0) is 12.8 Å². The van der Waals surface area contributed by atoms with Crippen LogP contribution in [0.1, 0.15) is 12.8 Å². The minimum atomic E-state index is -0.497. The van der Waals surface area contributed by atoms with E-state index in [2.05, 4.69) is 11.3 Å². The molecule has 1 atom stereocenters. The molecule has 0 saturated heterocycles. The molecule has 0 aromatic carbocycles. The van der Waals surface area contributed by atoms with Crippen LogP contribution in [0.4, 0.5) is 0 Å². The van der Waals surface area contributed by atoms with Crippen molar-refractivity contribution >= 4 is 5.97 Å². The summed E-state index contributed by atoms with van der Waals surface area (Å²) in [4.78, 5) is 10.6. The molecule has 1 unspecified atom stereocenters. The van der Waals surface area contributed by atoms with Crippen molar-refractivity contribution in [3.63, 3.8) is 0 Å². The molecule has 0 spiro atoms. The largest absolute Gasteiger partial charge is 0.468 e. The first kappa shape index (κ1) is 9.17. The van der Waals surface area contributed by atoms with Gasteiger partial charge in [0, 0.05) is 0 Å². The molecule has 10 heavy (non-hydrogen) atoms. The first-order valence-corrected chi connectivity index (χ1v) is 3.16. The van der Waals surface area contributed by atoms with Crippen LogP contribution < -0.4 is 5.73 Å². The highest BCUT2D eigenvalue weighted by atomic mass is 16.5. The molecule has 0 heterocycles. The zero-order chi connectivity index (χ0) is 7.98. The van der Waals surface area contributed by atoms with E-state index < -0.39 is 6.04 Å². The third-order valence-corrected chi connectivity index (χ3v) is 1.19. The third-order valence-electron chi connectivity index (χ3n) is 1.19. The van der Waals surface area contributed by atoms with Crippen LogP contribution in [0.25, 0.3) is 0 Å². The van der Waals surface area contributed by atoms with E-state index in [-0.39, 0.29) is 5.97 Å². The number of nitrogens with two attached hydrogens (primary N) is 1. The normalized spacial score (nSPS) is 12.2. The van der Waals surface area contributed by atoms with Gasteiger partial charge in [-0.3, -0.25) is 4.79 Å².